The average molecular weight is 315 g/mol. The Bertz CT molecular complexity index is 321. The molecule has 0 fully saturated rings. The number of hydrogen-bond acceptors (Lipinski definition) is 3. The van der Waals surface area contributed by atoms with Gasteiger partial charge in [-0.3, -0.25) is 10.1 Å². The summed E-state index contributed by atoms with van der Waals surface area (Å²) >= 11 is 5.55. The SMILES string of the molecule is O=[N+]([O-])c1ccc(Cl)c([NH2+][O-])c1.[I-]. The number of nitrogens with two attached hydrogens (primary N) is 1. The smallest absolute Gasteiger partial charge is 0.275 e. The monoisotopic (exact) mass is 315 g/mol. The molecule has 0 atom stereocenters. The van der Waals surface area contributed by atoms with Gasteiger partial charge < -0.3 is 34.7 Å². The first-order valence-corrected chi connectivity index (χ1v) is 3.42. The highest BCUT2D eigenvalue weighted by Crippen LogP contribution is 2.22. The number of rotatable bonds is 2. The van der Waals surface area contributed by atoms with Gasteiger partial charge >= 0.3 is 0 Å². The summed E-state index contributed by atoms with van der Waals surface area (Å²) in [6, 6.07) is 3.70. The molecule has 0 bridgehead atoms. The first-order chi connectivity index (χ1) is 5.65. The van der Waals surface area contributed by atoms with E-state index >= 15 is 0 Å². The van der Waals surface area contributed by atoms with Crippen molar-refractivity contribution < 1.29 is 34.4 Å². The molecule has 0 spiro atoms. The van der Waals surface area contributed by atoms with E-state index in [2.05, 4.69) is 0 Å². The van der Waals surface area contributed by atoms with Gasteiger partial charge in [0.1, 0.15) is 5.02 Å². The van der Waals surface area contributed by atoms with E-state index < -0.39 is 4.92 Å². The van der Waals surface area contributed by atoms with Crippen molar-refractivity contribution in [3.63, 3.8) is 0 Å². The van der Waals surface area contributed by atoms with Crippen molar-refractivity contribution in [3.05, 3.63) is 38.5 Å². The van der Waals surface area contributed by atoms with Crippen LogP contribution in [0.3, 0.4) is 0 Å². The molecule has 0 amide bonds. The molecule has 72 valence electrons. The van der Waals surface area contributed by atoms with Crippen molar-refractivity contribution in [1.29, 1.82) is 0 Å². The van der Waals surface area contributed by atoms with Gasteiger partial charge in [0, 0.05) is 6.07 Å². The highest BCUT2D eigenvalue weighted by molar-refractivity contribution is 6.32. The third-order valence-corrected chi connectivity index (χ3v) is 1.66. The second-order valence-electron chi connectivity index (χ2n) is 2.08. The Labute approximate surface area is 95.8 Å². The van der Waals surface area contributed by atoms with Gasteiger partial charge in [0.05, 0.1) is 11.0 Å². The van der Waals surface area contributed by atoms with E-state index in [0.29, 0.717) is 5.48 Å². The van der Waals surface area contributed by atoms with Gasteiger partial charge in [-0.15, -0.1) is 0 Å². The minimum Gasteiger partial charge on any atom is -1.00 e. The lowest BCUT2D eigenvalue weighted by Gasteiger charge is -2.02. The van der Waals surface area contributed by atoms with E-state index in [-0.39, 0.29) is 40.4 Å². The highest BCUT2D eigenvalue weighted by Gasteiger charge is 2.09. The molecule has 0 aromatic heterocycles. The molecule has 1 aromatic carbocycles. The molecule has 2 N–H and O–H groups in total. The number of nitro benzene ring substituents is 1. The molecule has 0 aliphatic rings. The molecule has 0 aliphatic carbocycles. The summed E-state index contributed by atoms with van der Waals surface area (Å²) in [5, 5.41) is 20.7. The Morgan fingerprint density at radius 3 is 2.54 bits per heavy atom. The Morgan fingerprint density at radius 2 is 2.08 bits per heavy atom. The van der Waals surface area contributed by atoms with Crippen LogP contribution in [0.1, 0.15) is 0 Å². The quantitative estimate of drug-likeness (QED) is 0.295. The zero-order valence-corrected chi connectivity index (χ0v) is 9.15. The zero-order chi connectivity index (χ0) is 9.14. The maximum atomic E-state index is 10.3. The van der Waals surface area contributed by atoms with Crippen LogP contribution < -0.4 is 29.5 Å². The van der Waals surface area contributed by atoms with Crippen LogP contribution in [-0.4, -0.2) is 4.92 Å². The summed E-state index contributed by atoms with van der Waals surface area (Å²) in [6.45, 7) is 0. The minimum atomic E-state index is -0.580. The van der Waals surface area contributed by atoms with Crippen LogP contribution in [0.4, 0.5) is 11.4 Å². The number of halogens is 2. The van der Waals surface area contributed by atoms with E-state index in [9.17, 15) is 15.3 Å². The number of hydrogen-bond donors (Lipinski definition) is 1. The number of benzene rings is 1. The lowest BCUT2D eigenvalue weighted by molar-refractivity contribution is -0.497. The summed E-state index contributed by atoms with van der Waals surface area (Å²) in [4.78, 5) is 9.65. The maximum absolute atomic E-state index is 10.3. The van der Waals surface area contributed by atoms with Crippen LogP contribution in [0.15, 0.2) is 18.2 Å². The largest absolute Gasteiger partial charge is 1.00 e. The molecule has 0 saturated carbocycles. The number of non-ortho nitro benzene ring substituents is 1. The summed E-state index contributed by atoms with van der Waals surface area (Å²) in [7, 11) is 0. The van der Waals surface area contributed by atoms with Gasteiger partial charge in [0.2, 0.25) is 0 Å². The molecule has 0 unspecified atom stereocenters. The van der Waals surface area contributed by atoms with Crippen molar-refractivity contribution in [3.8, 4) is 0 Å². The fourth-order valence-electron chi connectivity index (χ4n) is 0.735. The van der Waals surface area contributed by atoms with Crippen molar-refractivity contribution in [1.82, 2.24) is 0 Å². The molecule has 7 heteroatoms. The first-order valence-electron chi connectivity index (χ1n) is 3.04. The van der Waals surface area contributed by atoms with Crippen LogP contribution in [0.25, 0.3) is 0 Å². The molecule has 1 aromatic rings. The maximum Gasteiger partial charge on any atom is 0.275 e. The topological polar surface area (TPSA) is 82.8 Å². The molecule has 13 heavy (non-hydrogen) atoms. The molecule has 1 rings (SSSR count). The van der Waals surface area contributed by atoms with Gasteiger partial charge in [-0.1, -0.05) is 11.6 Å². The van der Waals surface area contributed by atoms with Crippen LogP contribution in [-0.2, 0) is 0 Å². The Balaban J connectivity index is 0.00000144. The normalized spacial score (nSPS) is 9.08. The van der Waals surface area contributed by atoms with Gasteiger partial charge in [0.25, 0.3) is 5.69 Å². The van der Waals surface area contributed by atoms with Crippen molar-refractivity contribution in [2.45, 2.75) is 0 Å². The Morgan fingerprint density at radius 1 is 1.46 bits per heavy atom. The van der Waals surface area contributed by atoms with Crippen molar-refractivity contribution >= 4 is 23.0 Å². The second-order valence-corrected chi connectivity index (χ2v) is 2.49. The van der Waals surface area contributed by atoms with Crippen molar-refractivity contribution in [2.75, 3.05) is 0 Å². The zero-order valence-electron chi connectivity index (χ0n) is 6.24. The molecular weight excluding hydrogens is 310 g/mol. The second kappa shape index (κ2) is 5.32. The third kappa shape index (κ3) is 3.07. The summed E-state index contributed by atoms with van der Waals surface area (Å²) in [5.41, 5.74) is 0.474. The van der Waals surface area contributed by atoms with E-state index in [1.807, 2.05) is 0 Å². The van der Waals surface area contributed by atoms with E-state index in [1.165, 1.54) is 12.1 Å². The fourth-order valence-corrected chi connectivity index (χ4v) is 0.897. The predicted octanol–water partition coefficient (Wildman–Crippen LogP) is -2.06. The van der Waals surface area contributed by atoms with Crippen LogP contribution in [0, 0.1) is 15.3 Å². The fraction of sp³-hybridized carbons (Fsp3) is 0. The average Bonchev–Trinajstić information content (AvgIpc) is 2.05. The lowest BCUT2D eigenvalue weighted by atomic mass is 10.3. The standard InChI is InChI=1S/C6H5ClN2O3.HI/c7-5-2-1-4(9(11)12)3-6(5)8-10;/h1-3H,8H2;1H/p-1. The molecule has 0 saturated heterocycles. The summed E-state index contributed by atoms with van der Waals surface area (Å²) < 4.78 is 0. The molecule has 0 radical (unpaired) electrons. The summed E-state index contributed by atoms with van der Waals surface area (Å²) in [5.74, 6) is 0. The van der Waals surface area contributed by atoms with Gasteiger partial charge in [-0.2, -0.15) is 0 Å². The van der Waals surface area contributed by atoms with E-state index in [4.69, 9.17) is 11.6 Å². The lowest BCUT2D eigenvalue weighted by Crippen LogP contribution is -3.00. The Kier molecular flexibility index (Phi) is 5.14. The molecule has 5 nitrogen and oxygen atoms in total. The van der Waals surface area contributed by atoms with Gasteiger partial charge in [0.15, 0.2) is 5.69 Å². The van der Waals surface area contributed by atoms with E-state index in [0.717, 1.165) is 6.07 Å². The van der Waals surface area contributed by atoms with Gasteiger partial charge in [-0.25, -0.2) is 0 Å². The van der Waals surface area contributed by atoms with Crippen LogP contribution in [0.2, 0.25) is 5.02 Å². The highest BCUT2D eigenvalue weighted by atomic mass is 127. The molecule has 0 heterocycles. The van der Waals surface area contributed by atoms with Crippen LogP contribution >= 0.6 is 11.6 Å². The summed E-state index contributed by atoms with van der Waals surface area (Å²) in [6.07, 6.45) is 0. The number of quaternary nitrogens is 1. The minimum absolute atomic E-state index is 0. The van der Waals surface area contributed by atoms with Crippen molar-refractivity contribution in [2.24, 2.45) is 0 Å². The van der Waals surface area contributed by atoms with Gasteiger partial charge in [-0.05, 0) is 6.07 Å². The molecule has 0 aliphatic heterocycles. The van der Waals surface area contributed by atoms with Crippen LogP contribution in [0.5, 0.6) is 0 Å². The predicted molar refractivity (Wildman–Crippen MR) is 43.1 cm³/mol. The van der Waals surface area contributed by atoms with E-state index in [1.54, 1.807) is 0 Å². The first kappa shape index (κ1) is 12.6. The Hall–Kier alpha value is -0.440. The molecular formula is C6H5ClIN2O3-. The number of nitro groups is 1. The third-order valence-electron chi connectivity index (χ3n) is 1.32. The number of nitrogens with zero attached hydrogens (tertiary/aromatic N) is 1.